The second kappa shape index (κ2) is 7.76. The molecule has 2 heterocycles. The summed E-state index contributed by atoms with van der Waals surface area (Å²) in [5.41, 5.74) is 0.746. The highest BCUT2D eigenvalue weighted by molar-refractivity contribution is 6.00. The molecule has 0 saturated carbocycles. The van der Waals surface area contributed by atoms with Gasteiger partial charge in [0.2, 0.25) is 11.8 Å². The van der Waals surface area contributed by atoms with Crippen LogP contribution in [0.25, 0.3) is 0 Å². The average molecular weight is 360 g/mol. The molecule has 26 heavy (non-hydrogen) atoms. The van der Waals surface area contributed by atoms with Crippen LogP contribution in [-0.2, 0) is 14.4 Å². The van der Waals surface area contributed by atoms with Crippen LogP contribution >= 0.6 is 0 Å². The lowest BCUT2D eigenvalue weighted by atomic mass is 9.96. The molecule has 140 valence electrons. The van der Waals surface area contributed by atoms with Gasteiger partial charge in [0.05, 0.1) is 18.4 Å². The Hall–Kier alpha value is -2.57. The third-order valence-corrected chi connectivity index (χ3v) is 5.02. The summed E-state index contributed by atoms with van der Waals surface area (Å²) >= 11 is 0. The van der Waals surface area contributed by atoms with E-state index in [-0.39, 0.29) is 24.8 Å². The van der Waals surface area contributed by atoms with E-state index in [0.717, 1.165) is 11.4 Å². The zero-order valence-corrected chi connectivity index (χ0v) is 14.9. The molecule has 7 nitrogen and oxygen atoms in total. The Morgan fingerprint density at radius 2 is 1.92 bits per heavy atom. The van der Waals surface area contributed by atoms with E-state index in [4.69, 9.17) is 4.74 Å². The van der Waals surface area contributed by atoms with E-state index in [1.807, 2.05) is 31.2 Å². The minimum atomic E-state index is -0.860. The first-order valence-electron chi connectivity index (χ1n) is 9.04. The number of nitrogens with zero attached hydrogens (tertiary/aromatic N) is 2. The van der Waals surface area contributed by atoms with E-state index in [2.05, 4.69) is 0 Å². The molecule has 2 aliphatic rings. The van der Waals surface area contributed by atoms with Crippen LogP contribution in [0.1, 0.15) is 26.2 Å². The van der Waals surface area contributed by atoms with Gasteiger partial charge < -0.3 is 19.6 Å². The number of piperidine rings is 1. The van der Waals surface area contributed by atoms with Gasteiger partial charge in [-0.1, -0.05) is 0 Å². The Kier molecular flexibility index (Phi) is 5.44. The van der Waals surface area contributed by atoms with E-state index in [0.29, 0.717) is 32.5 Å². The number of hydrogen-bond acceptors (Lipinski definition) is 4. The van der Waals surface area contributed by atoms with Crippen molar-refractivity contribution in [3.8, 4) is 5.75 Å². The highest BCUT2D eigenvalue weighted by Crippen LogP contribution is 2.29. The summed E-state index contributed by atoms with van der Waals surface area (Å²) in [7, 11) is 0. The van der Waals surface area contributed by atoms with Crippen LogP contribution in [0.15, 0.2) is 24.3 Å². The molecular formula is C19H24N2O5. The van der Waals surface area contributed by atoms with Gasteiger partial charge in [0.25, 0.3) is 0 Å². The fourth-order valence-corrected chi connectivity index (χ4v) is 3.65. The molecule has 1 aromatic carbocycles. The summed E-state index contributed by atoms with van der Waals surface area (Å²) < 4.78 is 5.41. The number of amides is 2. The van der Waals surface area contributed by atoms with Crippen molar-refractivity contribution in [1.29, 1.82) is 0 Å². The van der Waals surface area contributed by atoms with E-state index in [1.165, 1.54) is 0 Å². The maximum absolute atomic E-state index is 12.8. The summed E-state index contributed by atoms with van der Waals surface area (Å²) in [6, 6.07) is 7.25. The van der Waals surface area contributed by atoms with Gasteiger partial charge in [-0.15, -0.1) is 0 Å². The van der Waals surface area contributed by atoms with Gasteiger partial charge in [0.15, 0.2) is 0 Å². The number of rotatable bonds is 5. The number of carbonyl (C=O) groups excluding carboxylic acids is 2. The molecule has 0 unspecified atom stereocenters. The van der Waals surface area contributed by atoms with Crippen molar-refractivity contribution < 1.29 is 24.2 Å². The number of benzene rings is 1. The fourth-order valence-electron chi connectivity index (χ4n) is 3.65. The number of anilines is 1. The zero-order valence-electron chi connectivity index (χ0n) is 14.9. The molecular weight excluding hydrogens is 336 g/mol. The summed E-state index contributed by atoms with van der Waals surface area (Å²) in [4.78, 5) is 39.6. The maximum atomic E-state index is 12.8. The van der Waals surface area contributed by atoms with E-state index < -0.39 is 17.8 Å². The van der Waals surface area contributed by atoms with Gasteiger partial charge in [-0.3, -0.25) is 14.4 Å². The van der Waals surface area contributed by atoms with E-state index in [1.54, 1.807) is 9.80 Å². The van der Waals surface area contributed by atoms with Crippen LogP contribution in [0.5, 0.6) is 5.75 Å². The van der Waals surface area contributed by atoms with Crippen LogP contribution in [-0.4, -0.2) is 54.0 Å². The van der Waals surface area contributed by atoms with E-state index in [9.17, 15) is 19.5 Å². The second-order valence-electron chi connectivity index (χ2n) is 6.79. The summed E-state index contributed by atoms with van der Waals surface area (Å²) in [5.74, 6) is -1.24. The molecule has 2 amide bonds. The van der Waals surface area contributed by atoms with Crippen LogP contribution in [0.3, 0.4) is 0 Å². The predicted octanol–water partition coefficient (Wildman–Crippen LogP) is 1.76. The smallest absolute Gasteiger partial charge is 0.308 e. The van der Waals surface area contributed by atoms with Gasteiger partial charge in [-0.2, -0.15) is 0 Å². The van der Waals surface area contributed by atoms with Gasteiger partial charge in [0, 0.05) is 31.7 Å². The molecule has 7 heteroatoms. The van der Waals surface area contributed by atoms with Gasteiger partial charge in [-0.25, -0.2) is 0 Å². The van der Waals surface area contributed by atoms with Crippen molar-refractivity contribution in [2.75, 3.05) is 31.1 Å². The molecule has 0 bridgehead atoms. The van der Waals surface area contributed by atoms with E-state index >= 15 is 0 Å². The first-order chi connectivity index (χ1) is 12.5. The Morgan fingerprint density at radius 1 is 1.19 bits per heavy atom. The highest BCUT2D eigenvalue weighted by Gasteiger charge is 2.39. The minimum Gasteiger partial charge on any atom is -0.494 e. The molecule has 0 aromatic heterocycles. The van der Waals surface area contributed by atoms with Crippen LogP contribution in [0.2, 0.25) is 0 Å². The molecule has 2 atom stereocenters. The van der Waals surface area contributed by atoms with Gasteiger partial charge in [-0.05, 0) is 44.0 Å². The first-order valence-corrected chi connectivity index (χ1v) is 9.04. The molecule has 2 saturated heterocycles. The molecule has 0 aliphatic carbocycles. The second-order valence-corrected chi connectivity index (χ2v) is 6.79. The van der Waals surface area contributed by atoms with Crippen molar-refractivity contribution in [1.82, 2.24) is 4.90 Å². The first kappa shape index (κ1) is 18.2. The minimum absolute atomic E-state index is 0.0840. The fraction of sp³-hybridized carbons (Fsp3) is 0.526. The lowest BCUT2D eigenvalue weighted by Gasteiger charge is -2.32. The molecule has 3 rings (SSSR count). The number of carbonyl (C=O) groups is 3. The van der Waals surface area contributed by atoms with Gasteiger partial charge in [0.1, 0.15) is 5.75 Å². The van der Waals surface area contributed by atoms with Crippen LogP contribution in [0.4, 0.5) is 5.69 Å². The van der Waals surface area contributed by atoms with Crippen LogP contribution < -0.4 is 9.64 Å². The SMILES string of the molecule is CCOc1ccc(N2C[C@H](C(=O)N3CCC[C@H](C(=O)O)C3)CC2=O)cc1. The number of aliphatic carboxylic acids is 1. The molecule has 1 N–H and O–H groups in total. The van der Waals surface area contributed by atoms with Crippen molar-refractivity contribution in [2.45, 2.75) is 26.2 Å². The topological polar surface area (TPSA) is 87.2 Å². The Bertz CT molecular complexity index is 688. The number of carboxylic acid groups (broad SMARTS) is 1. The normalized spacial score (nSPS) is 23.2. The van der Waals surface area contributed by atoms with Crippen molar-refractivity contribution in [3.63, 3.8) is 0 Å². The number of likely N-dealkylation sites (tertiary alicyclic amines) is 1. The largest absolute Gasteiger partial charge is 0.494 e. The lowest BCUT2D eigenvalue weighted by molar-refractivity contribution is -0.146. The summed E-state index contributed by atoms with van der Waals surface area (Å²) in [5, 5.41) is 9.19. The zero-order chi connectivity index (χ0) is 18.7. The monoisotopic (exact) mass is 360 g/mol. The number of ether oxygens (including phenoxy) is 1. The van der Waals surface area contributed by atoms with Crippen molar-refractivity contribution in [2.24, 2.45) is 11.8 Å². The van der Waals surface area contributed by atoms with Crippen molar-refractivity contribution in [3.05, 3.63) is 24.3 Å². The maximum Gasteiger partial charge on any atom is 0.308 e. The summed E-state index contributed by atoms with van der Waals surface area (Å²) in [6.45, 7) is 3.62. The highest BCUT2D eigenvalue weighted by atomic mass is 16.5. The lowest BCUT2D eigenvalue weighted by Crippen LogP contribution is -2.45. The molecule has 2 fully saturated rings. The quantitative estimate of drug-likeness (QED) is 0.865. The molecule has 1 aromatic rings. The standard InChI is InChI=1S/C19H24N2O5/c1-2-26-16-7-5-15(6-8-16)21-12-14(10-17(21)22)18(23)20-9-3-4-13(11-20)19(24)25/h5-8,13-14H,2-4,9-12H2,1H3,(H,24,25)/t13-,14+/m0/s1. The number of hydrogen-bond donors (Lipinski definition) is 1. The Balaban J connectivity index is 1.65. The van der Waals surface area contributed by atoms with Crippen LogP contribution in [0, 0.1) is 11.8 Å². The Labute approximate surface area is 152 Å². The third-order valence-electron chi connectivity index (χ3n) is 5.02. The summed E-state index contributed by atoms with van der Waals surface area (Å²) in [6.07, 6.45) is 1.45. The van der Waals surface area contributed by atoms with Crippen molar-refractivity contribution >= 4 is 23.5 Å². The molecule has 0 spiro atoms. The predicted molar refractivity (Wildman–Crippen MR) is 95.0 cm³/mol. The average Bonchev–Trinajstić information content (AvgIpc) is 3.04. The molecule has 0 radical (unpaired) electrons. The van der Waals surface area contributed by atoms with Gasteiger partial charge >= 0.3 is 5.97 Å². The number of carboxylic acids is 1. The third kappa shape index (κ3) is 3.81. The molecule has 2 aliphatic heterocycles. The Morgan fingerprint density at radius 3 is 2.58 bits per heavy atom.